The topological polar surface area (TPSA) is 81.9 Å². The molecule has 0 fully saturated rings. The van der Waals surface area contributed by atoms with Crippen molar-refractivity contribution in [1.82, 2.24) is 25.2 Å². The van der Waals surface area contributed by atoms with Crippen LogP contribution in [0.1, 0.15) is 12.6 Å². The van der Waals surface area contributed by atoms with E-state index in [1.165, 1.54) is 6.33 Å². The normalized spacial score (nSPS) is 12.7. The Balaban J connectivity index is 1.53. The Bertz CT molecular complexity index is 630. The fourth-order valence-electron chi connectivity index (χ4n) is 1.88. The van der Waals surface area contributed by atoms with Gasteiger partial charge in [0.25, 0.3) is 0 Å². The fraction of sp³-hybridized carbons (Fsp3) is 0.308. The maximum absolute atomic E-state index is 5.26. The van der Waals surface area contributed by atoms with Crippen LogP contribution >= 0.6 is 0 Å². The third-order valence-electron chi connectivity index (χ3n) is 2.88. The summed E-state index contributed by atoms with van der Waals surface area (Å²) in [4.78, 5) is 3.91. The van der Waals surface area contributed by atoms with Crippen LogP contribution in [0.25, 0.3) is 11.5 Å². The van der Waals surface area contributed by atoms with Crippen molar-refractivity contribution in [3.63, 3.8) is 0 Å². The molecule has 0 unspecified atom stereocenters. The highest BCUT2D eigenvalue weighted by molar-refractivity contribution is 5.49. The van der Waals surface area contributed by atoms with Crippen LogP contribution in [0.2, 0.25) is 0 Å². The van der Waals surface area contributed by atoms with Crippen LogP contribution in [0.5, 0.6) is 0 Å². The lowest BCUT2D eigenvalue weighted by Gasteiger charge is -2.11. The Hall–Kier alpha value is -2.41. The molecule has 1 atom stereocenters. The lowest BCUT2D eigenvalue weighted by atomic mass is 10.3. The van der Waals surface area contributed by atoms with E-state index in [9.17, 15) is 0 Å². The summed E-state index contributed by atoms with van der Waals surface area (Å²) in [7, 11) is 0. The maximum atomic E-state index is 5.26. The van der Waals surface area contributed by atoms with Crippen LogP contribution in [-0.2, 0) is 13.1 Å². The molecule has 20 heavy (non-hydrogen) atoms. The highest BCUT2D eigenvalue weighted by Gasteiger charge is 2.10. The maximum Gasteiger partial charge on any atom is 0.202 e. The molecule has 3 heterocycles. The first-order valence-corrected chi connectivity index (χ1v) is 6.36. The summed E-state index contributed by atoms with van der Waals surface area (Å²) in [6.45, 7) is 3.46. The SMILES string of the molecule is C[C@@H](Cn1cncn1)NCc1cc(-c2ccco2)on1. The summed E-state index contributed by atoms with van der Waals surface area (Å²) in [5, 5.41) is 11.4. The summed E-state index contributed by atoms with van der Waals surface area (Å²) in [5.74, 6) is 1.31. The second-order valence-corrected chi connectivity index (χ2v) is 4.56. The number of hydrogen-bond donors (Lipinski definition) is 1. The third kappa shape index (κ3) is 2.94. The van der Waals surface area contributed by atoms with Gasteiger partial charge in [-0.2, -0.15) is 5.10 Å². The molecule has 0 aliphatic heterocycles. The minimum Gasteiger partial charge on any atom is -0.461 e. The van der Waals surface area contributed by atoms with Crippen molar-refractivity contribution in [2.45, 2.75) is 26.1 Å². The third-order valence-corrected chi connectivity index (χ3v) is 2.88. The molecular formula is C13H15N5O2. The number of rotatable bonds is 6. The Morgan fingerprint density at radius 3 is 3.10 bits per heavy atom. The van der Waals surface area contributed by atoms with Gasteiger partial charge in [0.2, 0.25) is 5.76 Å². The van der Waals surface area contributed by atoms with Crippen molar-refractivity contribution in [2.75, 3.05) is 0 Å². The quantitative estimate of drug-likeness (QED) is 0.736. The van der Waals surface area contributed by atoms with E-state index in [1.54, 1.807) is 17.3 Å². The molecule has 1 N–H and O–H groups in total. The Labute approximate surface area is 115 Å². The molecule has 7 heteroatoms. The van der Waals surface area contributed by atoms with Gasteiger partial charge in [0, 0.05) is 18.7 Å². The number of hydrogen-bond acceptors (Lipinski definition) is 6. The summed E-state index contributed by atoms with van der Waals surface area (Å²) in [6.07, 6.45) is 4.83. The van der Waals surface area contributed by atoms with Crippen LogP contribution in [-0.4, -0.2) is 26.0 Å². The van der Waals surface area contributed by atoms with Crippen molar-refractivity contribution in [1.29, 1.82) is 0 Å². The first-order valence-electron chi connectivity index (χ1n) is 6.36. The molecule has 0 aromatic carbocycles. The van der Waals surface area contributed by atoms with Gasteiger partial charge in [0.05, 0.1) is 18.5 Å². The van der Waals surface area contributed by atoms with Gasteiger partial charge in [-0.25, -0.2) is 4.98 Å². The smallest absolute Gasteiger partial charge is 0.202 e. The summed E-state index contributed by atoms with van der Waals surface area (Å²) in [6, 6.07) is 5.77. The Kier molecular flexibility index (Phi) is 3.60. The number of furan rings is 1. The molecule has 0 radical (unpaired) electrons. The molecule has 0 aliphatic rings. The minimum absolute atomic E-state index is 0.250. The van der Waals surface area contributed by atoms with Crippen molar-refractivity contribution >= 4 is 0 Å². The van der Waals surface area contributed by atoms with Crippen LogP contribution in [0.15, 0.2) is 46.1 Å². The van der Waals surface area contributed by atoms with Gasteiger partial charge in [-0.05, 0) is 19.1 Å². The van der Waals surface area contributed by atoms with Crippen molar-refractivity contribution < 1.29 is 8.94 Å². The van der Waals surface area contributed by atoms with E-state index in [0.717, 1.165) is 12.2 Å². The predicted octanol–water partition coefficient (Wildman–Crippen LogP) is 1.70. The van der Waals surface area contributed by atoms with E-state index in [2.05, 4.69) is 27.5 Å². The molecular weight excluding hydrogens is 258 g/mol. The molecule has 0 saturated heterocycles. The molecule has 3 aromatic rings. The average Bonchev–Trinajstić information content (AvgIpc) is 3.18. The summed E-state index contributed by atoms with van der Waals surface area (Å²) >= 11 is 0. The zero-order chi connectivity index (χ0) is 13.8. The standard InChI is InChI=1S/C13H15N5O2/c1-10(7-18-9-14-8-16-18)15-6-11-5-13(20-17-11)12-3-2-4-19-12/h2-5,8-10,15H,6-7H2,1H3/t10-/m0/s1. The Morgan fingerprint density at radius 1 is 1.40 bits per heavy atom. The second-order valence-electron chi connectivity index (χ2n) is 4.56. The van der Waals surface area contributed by atoms with Crippen LogP contribution in [0, 0.1) is 0 Å². The van der Waals surface area contributed by atoms with Crippen LogP contribution in [0.4, 0.5) is 0 Å². The molecule has 3 rings (SSSR count). The lowest BCUT2D eigenvalue weighted by Crippen LogP contribution is -2.30. The van der Waals surface area contributed by atoms with E-state index in [0.29, 0.717) is 18.1 Å². The van der Waals surface area contributed by atoms with Gasteiger partial charge in [-0.1, -0.05) is 5.16 Å². The Morgan fingerprint density at radius 2 is 2.35 bits per heavy atom. The van der Waals surface area contributed by atoms with E-state index in [1.807, 2.05) is 18.2 Å². The van der Waals surface area contributed by atoms with Gasteiger partial charge in [0.15, 0.2) is 5.76 Å². The van der Waals surface area contributed by atoms with E-state index < -0.39 is 0 Å². The molecule has 0 spiro atoms. The highest BCUT2D eigenvalue weighted by Crippen LogP contribution is 2.20. The van der Waals surface area contributed by atoms with Gasteiger partial charge < -0.3 is 14.3 Å². The zero-order valence-electron chi connectivity index (χ0n) is 11.1. The van der Waals surface area contributed by atoms with Gasteiger partial charge in [-0.15, -0.1) is 0 Å². The molecule has 0 aliphatic carbocycles. The summed E-state index contributed by atoms with van der Waals surface area (Å²) < 4.78 is 12.3. The molecule has 0 saturated carbocycles. The number of nitrogens with zero attached hydrogens (tertiary/aromatic N) is 4. The molecule has 104 valence electrons. The number of nitrogens with one attached hydrogen (secondary N) is 1. The van der Waals surface area contributed by atoms with Crippen molar-refractivity contribution in [3.05, 3.63) is 42.8 Å². The van der Waals surface area contributed by atoms with Gasteiger partial charge in [-0.3, -0.25) is 4.68 Å². The molecule has 0 bridgehead atoms. The van der Waals surface area contributed by atoms with E-state index >= 15 is 0 Å². The molecule has 3 aromatic heterocycles. The first kappa shape index (κ1) is 12.6. The van der Waals surface area contributed by atoms with Crippen molar-refractivity contribution in [3.8, 4) is 11.5 Å². The minimum atomic E-state index is 0.250. The fourth-order valence-corrected chi connectivity index (χ4v) is 1.88. The predicted molar refractivity (Wildman–Crippen MR) is 70.5 cm³/mol. The van der Waals surface area contributed by atoms with Crippen molar-refractivity contribution in [2.24, 2.45) is 0 Å². The monoisotopic (exact) mass is 273 g/mol. The van der Waals surface area contributed by atoms with Crippen LogP contribution < -0.4 is 5.32 Å². The van der Waals surface area contributed by atoms with Crippen LogP contribution in [0.3, 0.4) is 0 Å². The van der Waals surface area contributed by atoms with Gasteiger partial charge >= 0.3 is 0 Å². The average molecular weight is 273 g/mol. The largest absolute Gasteiger partial charge is 0.461 e. The van der Waals surface area contributed by atoms with E-state index in [4.69, 9.17) is 8.94 Å². The summed E-state index contributed by atoms with van der Waals surface area (Å²) in [5.41, 5.74) is 0.835. The number of aromatic nitrogens is 4. The first-order chi connectivity index (χ1) is 9.81. The molecule has 0 amide bonds. The lowest BCUT2D eigenvalue weighted by molar-refractivity contribution is 0.398. The van der Waals surface area contributed by atoms with E-state index in [-0.39, 0.29) is 6.04 Å². The highest BCUT2D eigenvalue weighted by atomic mass is 16.5. The van der Waals surface area contributed by atoms with Gasteiger partial charge in [0.1, 0.15) is 12.7 Å². The second kappa shape index (κ2) is 5.70. The zero-order valence-corrected chi connectivity index (χ0v) is 11.1. The molecule has 7 nitrogen and oxygen atoms in total.